The van der Waals surface area contributed by atoms with Crippen LogP contribution in [0.2, 0.25) is 0 Å². The zero-order chi connectivity index (χ0) is 21.6. The van der Waals surface area contributed by atoms with E-state index in [1.165, 1.54) is 0 Å². The predicted molar refractivity (Wildman–Crippen MR) is 125 cm³/mol. The van der Waals surface area contributed by atoms with Crippen molar-refractivity contribution in [1.82, 2.24) is 5.32 Å². The third-order valence-corrected chi connectivity index (χ3v) is 7.54. The van der Waals surface area contributed by atoms with Gasteiger partial charge in [0.15, 0.2) is 5.78 Å². The van der Waals surface area contributed by atoms with Gasteiger partial charge in [0.25, 0.3) is 0 Å². The highest BCUT2D eigenvalue weighted by Gasteiger charge is 2.43. The smallest absolute Gasteiger partial charge is 0.323 e. The van der Waals surface area contributed by atoms with E-state index in [9.17, 15) is 9.59 Å². The Morgan fingerprint density at radius 1 is 1.13 bits per heavy atom. The highest BCUT2D eigenvalue weighted by atomic mass is 32.1. The van der Waals surface area contributed by atoms with Crippen LogP contribution < -0.4 is 15.5 Å². The second-order valence-corrected chi connectivity index (χ2v) is 10.7. The summed E-state index contributed by atoms with van der Waals surface area (Å²) in [7, 11) is 0. The van der Waals surface area contributed by atoms with E-state index in [1.807, 2.05) is 46.7 Å². The van der Waals surface area contributed by atoms with Crippen LogP contribution in [0.25, 0.3) is 0 Å². The molecule has 31 heavy (non-hydrogen) atoms. The van der Waals surface area contributed by atoms with Crippen molar-refractivity contribution in [3.8, 4) is 0 Å². The van der Waals surface area contributed by atoms with E-state index < -0.39 is 6.04 Å². The Kier molecular flexibility index (Phi) is 5.13. The minimum Gasteiger partial charge on any atom is -0.357 e. The predicted octanol–water partition coefficient (Wildman–Crippen LogP) is 6.02. The second-order valence-electron chi connectivity index (χ2n) is 9.69. The van der Waals surface area contributed by atoms with Gasteiger partial charge in [-0.3, -0.25) is 9.69 Å². The maximum absolute atomic E-state index is 13.7. The Hall–Kier alpha value is -2.60. The van der Waals surface area contributed by atoms with E-state index in [2.05, 4.69) is 24.5 Å². The van der Waals surface area contributed by atoms with Gasteiger partial charge in [-0.25, -0.2) is 4.79 Å². The van der Waals surface area contributed by atoms with E-state index in [1.54, 1.807) is 11.3 Å². The van der Waals surface area contributed by atoms with Gasteiger partial charge in [-0.2, -0.15) is 0 Å². The normalized spacial score (nSPS) is 23.1. The molecule has 6 heteroatoms. The number of urea groups is 1. The average Bonchev–Trinajstić information content (AvgIpc) is 3.39. The third-order valence-electron chi connectivity index (χ3n) is 6.61. The molecule has 1 fully saturated rings. The number of carbonyl (C=O) groups excluding carboxylic acids is 2. The van der Waals surface area contributed by atoms with Crippen LogP contribution in [-0.4, -0.2) is 17.9 Å². The number of ketones is 1. The van der Waals surface area contributed by atoms with E-state index in [0.717, 1.165) is 59.6 Å². The molecule has 2 heterocycles. The Labute approximate surface area is 187 Å². The molecule has 1 atom stereocenters. The number of amides is 2. The molecule has 1 aliphatic heterocycles. The number of allylic oxidation sites excluding steroid dienone is 1. The molecule has 162 valence electrons. The number of hydrogen-bond donors (Lipinski definition) is 2. The highest BCUT2D eigenvalue weighted by Crippen LogP contribution is 2.49. The summed E-state index contributed by atoms with van der Waals surface area (Å²) in [4.78, 5) is 30.1. The molecule has 5 rings (SSSR count). The van der Waals surface area contributed by atoms with Crippen LogP contribution in [0.15, 0.2) is 53.0 Å². The molecule has 0 unspecified atom stereocenters. The van der Waals surface area contributed by atoms with Gasteiger partial charge in [-0.05, 0) is 48.3 Å². The summed E-state index contributed by atoms with van der Waals surface area (Å²) in [6.45, 7) is 4.27. The van der Waals surface area contributed by atoms with E-state index in [0.29, 0.717) is 6.42 Å². The lowest BCUT2D eigenvalue weighted by atomic mass is 9.74. The van der Waals surface area contributed by atoms with Crippen molar-refractivity contribution in [3.63, 3.8) is 0 Å². The topological polar surface area (TPSA) is 61.4 Å². The number of rotatable bonds is 2. The lowest BCUT2D eigenvalue weighted by Gasteiger charge is -2.36. The minimum absolute atomic E-state index is 0.112. The fourth-order valence-corrected chi connectivity index (χ4v) is 6.06. The number of thiophene rings is 1. The van der Waals surface area contributed by atoms with Gasteiger partial charge in [0.05, 0.1) is 11.4 Å². The maximum Gasteiger partial charge on any atom is 0.323 e. The number of hydrogen-bond acceptors (Lipinski definition) is 4. The molecule has 1 saturated carbocycles. The lowest BCUT2D eigenvalue weighted by molar-refractivity contribution is -0.118. The maximum atomic E-state index is 13.7. The van der Waals surface area contributed by atoms with Crippen molar-refractivity contribution < 1.29 is 9.59 Å². The summed E-state index contributed by atoms with van der Waals surface area (Å²) in [5, 5.41) is 8.84. The first kappa shape index (κ1) is 20.3. The van der Waals surface area contributed by atoms with Crippen molar-refractivity contribution in [2.75, 3.05) is 10.2 Å². The first-order valence-corrected chi connectivity index (χ1v) is 12.1. The van der Waals surface area contributed by atoms with Crippen LogP contribution in [0.3, 0.4) is 0 Å². The largest absolute Gasteiger partial charge is 0.357 e. The van der Waals surface area contributed by atoms with Gasteiger partial charge < -0.3 is 10.6 Å². The van der Waals surface area contributed by atoms with Crippen LogP contribution in [-0.2, 0) is 4.79 Å². The monoisotopic (exact) mass is 435 g/mol. The summed E-state index contributed by atoms with van der Waals surface area (Å²) >= 11 is 1.60. The Balaban J connectivity index is 1.67. The molecule has 2 amide bonds. The molecule has 1 aromatic heterocycles. The second kappa shape index (κ2) is 7.83. The number of nitrogens with one attached hydrogen (secondary N) is 2. The van der Waals surface area contributed by atoms with Crippen LogP contribution in [0.5, 0.6) is 0 Å². The van der Waals surface area contributed by atoms with Gasteiger partial charge in [0.1, 0.15) is 6.04 Å². The van der Waals surface area contributed by atoms with Crippen molar-refractivity contribution in [2.45, 2.75) is 64.5 Å². The zero-order valence-corrected chi connectivity index (χ0v) is 18.9. The number of carbonyl (C=O) groups is 2. The SMILES string of the molecule is CC1(C)CC(=O)C2=C(C1)Nc1ccccc1N(C(=O)NC1CCCC1)[C@@H]2c1cccs1. The van der Waals surface area contributed by atoms with Crippen LogP contribution in [0.1, 0.15) is 63.3 Å². The van der Waals surface area contributed by atoms with Crippen molar-refractivity contribution in [3.05, 3.63) is 57.9 Å². The number of nitrogens with zero attached hydrogens (tertiary/aromatic N) is 1. The van der Waals surface area contributed by atoms with Crippen LogP contribution >= 0.6 is 11.3 Å². The van der Waals surface area contributed by atoms with Gasteiger partial charge in [0.2, 0.25) is 0 Å². The molecule has 5 nitrogen and oxygen atoms in total. The van der Waals surface area contributed by atoms with Crippen LogP contribution in [0.4, 0.5) is 16.2 Å². The molecule has 2 aliphatic carbocycles. The summed E-state index contributed by atoms with van der Waals surface area (Å²) in [5.74, 6) is 0.128. The zero-order valence-electron chi connectivity index (χ0n) is 18.1. The lowest BCUT2D eigenvalue weighted by Crippen LogP contribution is -2.47. The van der Waals surface area contributed by atoms with Gasteiger partial charge >= 0.3 is 6.03 Å². The number of anilines is 2. The molecule has 2 aromatic rings. The highest BCUT2D eigenvalue weighted by molar-refractivity contribution is 7.10. The first-order valence-electron chi connectivity index (χ1n) is 11.2. The molecular weight excluding hydrogens is 406 g/mol. The third kappa shape index (κ3) is 3.78. The first-order chi connectivity index (χ1) is 14.9. The summed E-state index contributed by atoms with van der Waals surface area (Å²) in [6.07, 6.45) is 5.61. The summed E-state index contributed by atoms with van der Waals surface area (Å²) < 4.78 is 0. The van der Waals surface area contributed by atoms with E-state index >= 15 is 0 Å². The van der Waals surface area contributed by atoms with Crippen LogP contribution in [0, 0.1) is 5.41 Å². The average molecular weight is 436 g/mol. The summed E-state index contributed by atoms with van der Waals surface area (Å²) in [6, 6.07) is 11.6. The molecule has 0 spiro atoms. The van der Waals surface area contributed by atoms with Crippen molar-refractivity contribution in [2.24, 2.45) is 5.41 Å². The Morgan fingerprint density at radius 3 is 2.65 bits per heavy atom. The van der Waals surface area contributed by atoms with E-state index in [4.69, 9.17) is 0 Å². The number of fused-ring (bicyclic) bond motifs is 1. The molecule has 2 N–H and O–H groups in total. The van der Waals surface area contributed by atoms with E-state index in [-0.39, 0.29) is 23.3 Å². The van der Waals surface area contributed by atoms with Crippen molar-refractivity contribution >= 4 is 34.5 Å². The standard InChI is InChI=1S/C25H29N3O2S/c1-25(2)14-18-22(20(29)15-25)23(21-12-7-13-31-21)28(19-11-6-5-10-17(19)27-18)24(30)26-16-8-3-4-9-16/h5-7,10-13,16,23,27H,3-4,8-9,14-15H2,1-2H3,(H,26,30)/t23-/m1/s1. The van der Waals surface area contributed by atoms with Gasteiger partial charge in [0, 0.05) is 28.6 Å². The van der Waals surface area contributed by atoms with Gasteiger partial charge in [-0.1, -0.05) is 44.9 Å². The fraction of sp³-hybridized carbons (Fsp3) is 0.440. The number of para-hydroxylation sites is 2. The number of Topliss-reactive ketones (excluding diaryl/α,β-unsaturated/α-hetero) is 1. The van der Waals surface area contributed by atoms with Crippen molar-refractivity contribution in [1.29, 1.82) is 0 Å². The molecule has 3 aliphatic rings. The molecule has 1 aromatic carbocycles. The fourth-order valence-electron chi connectivity index (χ4n) is 5.24. The Bertz CT molecular complexity index is 1030. The molecule has 0 radical (unpaired) electrons. The number of benzene rings is 1. The Morgan fingerprint density at radius 2 is 1.90 bits per heavy atom. The van der Waals surface area contributed by atoms with Gasteiger partial charge in [-0.15, -0.1) is 11.3 Å². The quantitative estimate of drug-likeness (QED) is 0.607. The summed E-state index contributed by atoms with van der Waals surface area (Å²) in [5.41, 5.74) is 3.26. The molecule has 0 saturated heterocycles. The molecule has 0 bridgehead atoms. The minimum atomic E-state index is -0.420. The molecular formula is C25H29N3O2S.